The van der Waals surface area contributed by atoms with Crippen LogP contribution < -0.4 is 0 Å². The van der Waals surface area contributed by atoms with Crippen molar-refractivity contribution in [1.29, 1.82) is 0 Å². The van der Waals surface area contributed by atoms with E-state index < -0.39 is 42.3 Å². The second kappa shape index (κ2) is 4.36. The second-order valence-electron chi connectivity index (χ2n) is 5.03. The molecule has 0 amide bonds. The maximum Gasteiger partial charge on any atom is 0.419 e. The van der Waals surface area contributed by atoms with Crippen molar-refractivity contribution in [3.8, 4) is 0 Å². The van der Waals surface area contributed by atoms with Gasteiger partial charge in [-0.1, -0.05) is 0 Å². The molecule has 2 rings (SSSR count). The molecule has 0 spiro atoms. The largest absolute Gasteiger partial charge is 0.419 e. The summed E-state index contributed by atoms with van der Waals surface area (Å²) in [4.78, 5) is 0. The summed E-state index contributed by atoms with van der Waals surface area (Å²) in [5, 5.41) is 3.54. The number of hydrogen-bond acceptors (Lipinski definition) is 1. The minimum absolute atomic E-state index is 0.311. The van der Waals surface area contributed by atoms with E-state index in [0.29, 0.717) is 6.20 Å². The van der Waals surface area contributed by atoms with Gasteiger partial charge >= 0.3 is 18.0 Å². The number of nitrogens with zero attached hydrogens (tertiary/aromatic N) is 2. The summed E-state index contributed by atoms with van der Waals surface area (Å²) in [6.45, 7) is 0.735. The molecule has 1 aromatic rings. The van der Waals surface area contributed by atoms with Gasteiger partial charge in [0.2, 0.25) is 0 Å². The van der Waals surface area contributed by atoms with Crippen molar-refractivity contribution < 1.29 is 30.7 Å². The van der Waals surface area contributed by atoms with E-state index in [4.69, 9.17) is 0 Å². The Morgan fingerprint density at radius 3 is 2.10 bits per heavy atom. The van der Waals surface area contributed by atoms with Gasteiger partial charge in [-0.05, 0) is 12.8 Å². The monoisotopic (exact) mass is 304 g/mol. The Bertz CT molecular complexity index is 487. The van der Waals surface area contributed by atoms with Crippen LogP contribution in [0.2, 0.25) is 0 Å². The van der Waals surface area contributed by atoms with Gasteiger partial charge in [0.05, 0.1) is 11.3 Å². The first kappa shape index (κ1) is 15.1. The lowest BCUT2D eigenvalue weighted by molar-refractivity contribution is -0.185. The summed E-state index contributed by atoms with van der Waals surface area (Å²) in [7, 11) is 0. The van der Waals surface area contributed by atoms with Crippen molar-refractivity contribution in [2.24, 2.45) is 5.92 Å². The van der Waals surface area contributed by atoms with E-state index in [1.54, 1.807) is 0 Å². The van der Waals surface area contributed by atoms with Crippen LogP contribution in [-0.2, 0) is 12.7 Å². The van der Waals surface area contributed by atoms with Gasteiger partial charge in [0.1, 0.15) is 0 Å². The molecule has 0 unspecified atom stereocenters. The first-order valence-corrected chi connectivity index (χ1v) is 5.79. The third-order valence-corrected chi connectivity index (χ3v) is 3.32. The zero-order valence-electron chi connectivity index (χ0n) is 10.3. The normalized spacial score (nSPS) is 22.4. The van der Waals surface area contributed by atoms with E-state index in [1.165, 1.54) is 0 Å². The topological polar surface area (TPSA) is 17.8 Å². The van der Waals surface area contributed by atoms with Gasteiger partial charge < -0.3 is 0 Å². The van der Waals surface area contributed by atoms with E-state index in [2.05, 4.69) is 5.10 Å². The predicted octanol–water partition coefficient (Wildman–Crippen LogP) is 3.89. The minimum Gasteiger partial charge on any atom is -0.272 e. The fourth-order valence-electron chi connectivity index (χ4n) is 2.38. The van der Waals surface area contributed by atoms with E-state index in [-0.39, 0.29) is 12.2 Å². The third kappa shape index (κ3) is 2.62. The lowest BCUT2D eigenvalue weighted by atomic mass is 10.1. The SMILES string of the molecule is Cc1nn(CC2CC(F)(F)C(F)(F)C2)cc1C(F)(F)F. The van der Waals surface area contributed by atoms with Crippen molar-refractivity contribution in [3.05, 3.63) is 17.5 Å². The molecule has 2 nitrogen and oxygen atoms in total. The van der Waals surface area contributed by atoms with Crippen LogP contribution in [0.3, 0.4) is 0 Å². The summed E-state index contributed by atoms with van der Waals surface area (Å²) in [5.41, 5.74) is -1.30. The predicted molar refractivity (Wildman–Crippen MR) is 54.6 cm³/mol. The Hall–Kier alpha value is -1.28. The van der Waals surface area contributed by atoms with E-state index in [0.717, 1.165) is 11.6 Å². The molecule has 1 heterocycles. The van der Waals surface area contributed by atoms with Gasteiger partial charge in [-0.15, -0.1) is 0 Å². The average molecular weight is 304 g/mol. The van der Waals surface area contributed by atoms with E-state index >= 15 is 0 Å². The lowest BCUT2D eigenvalue weighted by Gasteiger charge is -2.16. The first-order valence-electron chi connectivity index (χ1n) is 5.79. The van der Waals surface area contributed by atoms with Crippen LogP contribution in [-0.4, -0.2) is 21.6 Å². The molecule has 0 atom stereocenters. The van der Waals surface area contributed by atoms with Crippen LogP contribution in [0, 0.1) is 12.8 Å². The fourth-order valence-corrected chi connectivity index (χ4v) is 2.38. The summed E-state index contributed by atoms with van der Waals surface area (Å²) in [6, 6.07) is 0. The summed E-state index contributed by atoms with van der Waals surface area (Å²) < 4.78 is 90.3. The molecular formula is C11H11F7N2. The molecule has 0 aliphatic heterocycles. The molecule has 0 bridgehead atoms. The lowest BCUT2D eigenvalue weighted by Crippen LogP contribution is -2.33. The van der Waals surface area contributed by atoms with Crippen molar-refractivity contribution >= 4 is 0 Å². The Morgan fingerprint density at radius 1 is 1.20 bits per heavy atom. The zero-order valence-corrected chi connectivity index (χ0v) is 10.3. The smallest absolute Gasteiger partial charge is 0.272 e. The maximum absolute atomic E-state index is 13.0. The molecule has 0 saturated heterocycles. The first-order chi connectivity index (χ1) is 8.92. The van der Waals surface area contributed by atoms with Crippen LogP contribution >= 0.6 is 0 Å². The van der Waals surface area contributed by atoms with Crippen LogP contribution in [0.1, 0.15) is 24.1 Å². The number of aromatic nitrogens is 2. The number of rotatable bonds is 2. The molecule has 0 N–H and O–H groups in total. The zero-order chi connectivity index (χ0) is 15.3. The van der Waals surface area contributed by atoms with Crippen LogP contribution in [0.4, 0.5) is 30.7 Å². The molecule has 1 aromatic heterocycles. The summed E-state index contributed by atoms with van der Waals surface area (Å²) in [5.74, 6) is -9.35. The van der Waals surface area contributed by atoms with Gasteiger partial charge in [0, 0.05) is 25.6 Å². The van der Waals surface area contributed by atoms with Gasteiger partial charge in [0.15, 0.2) is 0 Å². The summed E-state index contributed by atoms with van der Waals surface area (Å²) >= 11 is 0. The van der Waals surface area contributed by atoms with Crippen LogP contribution in [0.15, 0.2) is 6.20 Å². The highest BCUT2D eigenvalue weighted by Crippen LogP contribution is 2.50. The molecular weight excluding hydrogens is 293 g/mol. The molecule has 1 fully saturated rings. The Labute approximate surface area is 109 Å². The molecule has 1 aliphatic carbocycles. The second-order valence-corrected chi connectivity index (χ2v) is 5.03. The van der Waals surface area contributed by atoms with Gasteiger partial charge in [0.25, 0.3) is 0 Å². The highest BCUT2D eigenvalue weighted by atomic mass is 19.4. The third-order valence-electron chi connectivity index (χ3n) is 3.32. The van der Waals surface area contributed by atoms with Gasteiger partial charge in [-0.25, -0.2) is 0 Å². The Morgan fingerprint density at radius 2 is 1.70 bits per heavy atom. The molecule has 9 heteroatoms. The van der Waals surface area contributed by atoms with Crippen molar-refractivity contribution in [3.63, 3.8) is 0 Å². The molecule has 114 valence electrons. The highest BCUT2D eigenvalue weighted by molar-refractivity contribution is 5.19. The Balaban J connectivity index is 2.13. The molecule has 0 radical (unpaired) electrons. The standard InChI is InChI=1S/C11H11F7N2/c1-6-8(11(16,17)18)5-20(19-6)4-7-2-9(12,13)10(14,15)3-7/h5,7H,2-4H2,1H3. The van der Waals surface area contributed by atoms with Crippen LogP contribution in [0.25, 0.3) is 0 Å². The number of halogens is 7. The quantitative estimate of drug-likeness (QED) is 0.758. The van der Waals surface area contributed by atoms with E-state index in [1.807, 2.05) is 0 Å². The van der Waals surface area contributed by atoms with E-state index in [9.17, 15) is 30.7 Å². The molecule has 20 heavy (non-hydrogen) atoms. The molecule has 1 saturated carbocycles. The van der Waals surface area contributed by atoms with Gasteiger partial charge in [-0.2, -0.15) is 35.8 Å². The van der Waals surface area contributed by atoms with Crippen molar-refractivity contribution in [2.45, 2.75) is 44.3 Å². The van der Waals surface area contributed by atoms with Crippen LogP contribution in [0.5, 0.6) is 0 Å². The maximum atomic E-state index is 13.0. The number of hydrogen-bond donors (Lipinski definition) is 0. The number of alkyl halides is 7. The Kier molecular flexibility index (Phi) is 3.29. The number of aryl methyl sites for hydroxylation is 1. The van der Waals surface area contributed by atoms with Crippen molar-refractivity contribution in [2.75, 3.05) is 0 Å². The summed E-state index contributed by atoms with van der Waals surface area (Å²) in [6.07, 6.45) is -6.06. The average Bonchev–Trinajstić information content (AvgIpc) is 2.64. The molecule has 1 aliphatic rings. The highest BCUT2D eigenvalue weighted by Gasteiger charge is 2.62. The molecule has 0 aromatic carbocycles. The minimum atomic E-state index is -4.61. The fraction of sp³-hybridized carbons (Fsp3) is 0.727. The van der Waals surface area contributed by atoms with Crippen molar-refractivity contribution in [1.82, 2.24) is 9.78 Å². The van der Waals surface area contributed by atoms with Gasteiger partial charge in [-0.3, -0.25) is 4.68 Å².